The minimum atomic E-state index is -4.58. The molecular weight excluding hydrogens is 622 g/mol. The number of benzene rings is 1. The van der Waals surface area contributed by atoms with Crippen LogP contribution in [0.2, 0.25) is 0 Å². The number of piperidine rings is 1. The number of aldehydes is 1. The zero-order valence-corrected chi connectivity index (χ0v) is 26.5. The Morgan fingerprint density at radius 2 is 1.62 bits per heavy atom. The molecule has 2 aromatic rings. The van der Waals surface area contributed by atoms with Crippen LogP contribution in [0.15, 0.2) is 52.8 Å². The SMILES string of the molecule is CC1(C)CC2=NC(C3CCN(c4ncc(C=O)cn4)CC3)C(C(F)c3ccc(C(F)(F)F)cc3)C(C3CCC(F)(F)CC3)=C2C(O)C1. The van der Waals surface area contributed by atoms with Crippen LogP contribution in [0.4, 0.5) is 32.3 Å². The van der Waals surface area contributed by atoms with Gasteiger partial charge in [-0.15, -0.1) is 0 Å². The van der Waals surface area contributed by atoms with Crippen molar-refractivity contribution in [3.63, 3.8) is 0 Å². The molecule has 1 N–H and O–H groups in total. The van der Waals surface area contributed by atoms with E-state index in [1.807, 2.05) is 18.7 Å². The molecule has 4 aliphatic rings. The molecule has 4 unspecified atom stereocenters. The van der Waals surface area contributed by atoms with E-state index in [1.54, 1.807) is 0 Å². The highest BCUT2D eigenvalue weighted by atomic mass is 19.4. The molecule has 3 heterocycles. The molecule has 0 amide bonds. The van der Waals surface area contributed by atoms with E-state index in [0.29, 0.717) is 73.4 Å². The summed E-state index contributed by atoms with van der Waals surface area (Å²) < 4.78 is 86.2. The maximum atomic E-state index is 17.2. The molecule has 6 rings (SSSR count). The fourth-order valence-corrected chi connectivity index (χ4v) is 8.17. The summed E-state index contributed by atoms with van der Waals surface area (Å²) in [5.74, 6) is -3.82. The van der Waals surface area contributed by atoms with Crippen LogP contribution in [0.1, 0.15) is 92.9 Å². The maximum Gasteiger partial charge on any atom is 0.416 e. The number of anilines is 1. The second-order valence-corrected chi connectivity index (χ2v) is 14.4. The number of nitrogens with zero attached hydrogens (tertiary/aromatic N) is 4. The largest absolute Gasteiger partial charge is 0.416 e. The first-order valence-corrected chi connectivity index (χ1v) is 16.4. The van der Waals surface area contributed by atoms with E-state index in [2.05, 4.69) is 9.97 Å². The monoisotopic (exact) mass is 662 g/mol. The fraction of sp³-hybridized carbons (Fsp3) is 0.600. The van der Waals surface area contributed by atoms with Crippen molar-refractivity contribution in [1.82, 2.24) is 9.97 Å². The topological polar surface area (TPSA) is 78.7 Å². The van der Waals surface area contributed by atoms with Gasteiger partial charge in [0.25, 0.3) is 0 Å². The number of aliphatic hydroxyl groups excluding tert-OH is 1. The number of aromatic nitrogens is 2. The smallest absolute Gasteiger partial charge is 0.388 e. The third-order valence-corrected chi connectivity index (χ3v) is 10.5. The highest BCUT2D eigenvalue weighted by Crippen LogP contribution is 2.53. The number of aliphatic hydroxyl groups is 1. The van der Waals surface area contributed by atoms with Gasteiger partial charge in [0.15, 0.2) is 6.29 Å². The molecule has 6 nitrogen and oxygen atoms in total. The van der Waals surface area contributed by atoms with Gasteiger partial charge in [0, 0.05) is 55.5 Å². The van der Waals surface area contributed by atoms with E-state index in [4.69, 9.17) is 4.99 Å². The van der Waals surface area contributed by atoms with Gasteiger partial charge in [-0.3, -0.25) is 9.79 Å². The summed E-state index contributed by atoms with van der Waals surface area (Å²) in [7, 11) is 0. The number of rotatable bonds is 6. The van der Waals surface area contributed by atoms with Gasteiger partial charge in [0.1, 0.15) is 6.17 Å². The minimum absolute atomic E-state index is 0.0672. The van der Waals surface area contributed by atoms with Crippen LogP contribution in [-0.2, 0) is 6.18 Å². The van der Waals surface area contributed by atoms with Crippen LogP contribution in [-0.4, -0.2) is 58.2 Å². The molecule has 0 radical (unpaired) electrons. The van der Waals surface area contributed by atoms with Crippen LogP contribution in [0.25, 0.3) is 0 Å². The fourth-order valence-electron chi connectivity index (χ4n) is 8.17. The second-order valence-electron chi connectivity index (χ2n) is 14.4. The van der Waals surface area contributed by atoms with Gasteiger partial charge in [-0.25, -0.2) is 23.1 Å². The van der Waals surface area contributed by atoms with E-state index < -0.39 is 47.8 Å². The third kappa shape index (κ3) is 6.98. The highest BCUT2D eigenvalue weighted by molar-refractivity contribution is 6.04. The molecular formula is C35H40F6N4O2. The Morgan fingerprint density at radius 1 is 1.00 bits per heavy atom. The molecule has 2 aliphatic carbocycles. The van der Waals surface area contributed by atoms with Crippen LogP contribution in [0, 0.1) is 23.2 Å². The number of dihydropyridines is 1. The average Bonchev–Trinajstić information content (AvgIpc) is 3.03. The van der Waals surface area contributed by atoms with E-state index in [9.17, 15) is 31.9 Å². The number of hydrogen-bond donors (Lipinski definition) is 1. The van der Waals surface area contributed by atoms with Crippen molar-refractivity contribution in [2.75, 3.05) is 18.0 Å². The van der Waals surface area contributed by atoms with E-state index in [0.717, 1.165) is 24.3 Å². The van der Waals surface area contributed by atoms with Gasteiger partial charge in [0.05, 0.1) is 23.3 Å². The zero-order valence-electron chi connectivity index (χ0n) is 26.5. The first-order valence-electron chi connectivity index (χ1n) is 16.4. The lowest BCUT2D eigenvalue weighted by molar-refractivity contribution is -0.137. The molecule has 2 aliphatic heterocycles. The summed E-state index contributed by atoms with van der Waals surface area (Å²) in [6, 6.07) is 3.45. The Labute approximate surface area is 270 Å². The molecule has 2 saturated carbocycles. The van der Waals surface area contributed by atoms with Crippen molar-refractivity contribution < 1.29 is 36.2 Å². The Balaban J connectivity index is 1.39. The van der Waals surface area contributed by atoms with Gasteiger partial charge in [-0.1, -0.05) is 31.6 Å². The van der Waals surface area contributed by atoms with E-state index in [1.165, 1.54) is 12.4 Å². The Bertz CT molecular complexity index is 1500. The van der Waals surface area contributed by atoms with Crippen molar-refractivity contribution in [3.05, 3.63) is 64.5 Å². The third-order valence-electron chi connectivity index (χ3n) is 10.5. The summed E-state index contributed by atoms with van der Waals surface area (Å²) in [4.78, 5) is 26.8. The number of aliphatic imine (C=N–C) groups is 1. The van der Waals surface area contributed by atoms with Crippen molar-refractivity contribution in [1.29, 1.82) is 0 Å². The minimum Gasteiger partial charge on any atom is -0.388 e. The summed E-state index contributed by atoms with van der Waals surface area (Å²) >= 11 is 0. The molecule has 47 heavy (non-hydrogen) atoms. The van der Waals surface area contributed by atoms with E-state index in [-0.39, 0.29) is 42.6 Å². The van der Waals surface area contributed by atoms with Crippen LogP contribution in [0.5, 0.6) is 0 Å². The molecule has 12 heteroatoms. The van der Waals surface area contributed by atoms with Crippen molar-refractivity contribution >= 4 is 17.9 Å². The molecule has 0 spiro atoms. The number of carbonyl (C=O) groups is 1. The Kier molecular flexibility index (Phi) is 9.04. The summed E-state index contributed by atoms with van der Waals surface area (Å²) in [6.45, 7) is 5.14. The highest BCUT2D eigenvalue weighted by Gasteiger charge is 2.50. The molecule has 1 aromatic carbocycles. The zero-order chi connectivity index (χ0) is 33.7. The number of fused-ring (bicyclic) bond motifs is 1. The van der Waals surface area contributed by atoms with Crippen LogP contribution >= 0.6 is 0 Å². The normalized spacial score (nSPS) is 27.6. The predicted octanol–water partition coefficient (Wildman–Crippen LogP) is 7.98. The van der Waals surface area contributed by atoms with Crippen molar-refractivity contribution in [2.45, 2.75) is 95.6 Å². The standard InChI is InChI=1S/C35H40F6N4O2/c1-33(2)15-25-28(26(47)16-33)27(21-7-11-34(37,38)12-8-21)29(30(36)22-3-5-24(6-4-22)35(39,40)41)31(44-25)23-9-13-45(14-10-23)32-42-17-20(19-46)18-43-32/h3-6,17-19,21,23,26,29-31,47H,7-16H2,1-2H3. The molecule has 1 aromatic heterocycles. The van der Waals surface area contributed by atoms with Gasteiger partial charge in [-0.05, 0) is 73.5 Å². The lowest BCUT2D eigenvalue weighted by Crippen LogP contribution is -2.48. The maximum absolute atomic E-state index is 17.2. The van der Waals surface area contributed by atoms with Crippen molar-refractivity contribution in [2.24, 2.45) is 28.2 Å². The Hall–Kier alpha value is -3.28. The Morgan fingerprint density at radius 3 is 2.19 bits per heavy atom. The van der Waals surface area contributed by atoms with Gasteiger partial charge in [-0.2, -0.15) is 13.2 Å². The average molecular weight is 663 g/mol. The van der Waals surface area contributed by atoms with Crippen LogP contribution in [0.3, 0.4) is 0 Å². The summed E-state index contributed by atoms with van der Waals surface area (Å²) in [5.41, 5.74) is 1.12. The summed E-state index contributed by atoms with van der Waals surface area (Å²) in [6.07, 6.45) is -2.04. The van der Waals surface area contributed by atoms with Crippen LogP contribution < -0.4 is 4.90 Å². The molecule has 254 valence electrons. The first-order chi connectivity index (χ1) is 22.2. The van der Waals surface area contributed by atoms with Gasteiger partial charge < -0.3 is 10.0 Å². The molecule has 0 bridgehead atoms. The summed E-state index contributed by atoms with van der Waals surface area (Å²) in [5, 5.41) is 11.6. The van der Waals surface area contributed by atoms with Gasteiger partial charge >= 0.3 is 6.18 Å². The molecule has 1 saturated heterocycles. The van der Waals surface area contributed by atoms with Crippen molar-refractivity contribution in [3.8, 4) is 0 Å². The first kappa shape index (κ1) is 33.6. The number of halogens is 6. The number of alkyl halides is 6. The molecule has 4 atom stereocenters. The number of carbonyl (C=O) groups excluding carboxylic acids is 1. The lowest BCUT2D eigenvalue weighted by Gasteiger charge is -2.48. The number of hydrogen-bond acceptors (Lipinski definition) is 6. The molecule has 3 fully saturated rings. The van der Waals surface area contributed by atoms with E-state index >= 15 is 4.39 Å². The quantitative estimate of drug-likeness (QED) is 0.251. The second kappa shape index (κ2) is 12.6. The predicted molar refractivity (Wildman–Crippen MR) is 165 cm³/mol. The van der Waals surface area contributed by atoms with Gasteiger partial charge in [0.2, 0.25) is 11.9 Å². The lowest BCUT2D eigenvalue weighted by atomic mass is 9.62.